The fraction of sp³-hybridized carbons (Fsp3) is 0.258. The van der Waals surface area contributed by atoms with Crippen molar-refractivity contribution in [2.24, 2.45) is 0 Å². The smallest absolute Gasteiger partial charge is 0.301 e. The molecular weight excluding hydrogens is 532 g/mol. The molecule has 0 aliphatic carbocycles. The molecule has 8 heteroatoms. The zero-order chi connectivity index (χ0) is 27.7. The number of ketones is 1. The molecule has 6 nitrogen and oxygen atoms in total. The number of amides is 1. The van der Waals surface area contributed by atoms with E-state index in [1.54, 1.807) is 24.3 Å². The maximum absolute atomic E-state index is 13.5. The predicted octanol–water partition coefficient (Wildman–Crippen LogP) is 7.76. The minimum Gasteiger partial charge on any atom is -0.507 e. The second-order valence-electron chi connectivity index (χ2n) is 9.73. The van der Waals surface area contributed by atoms with E-state index in [0.29, 0.717) is 33.6 Å². The number of halogens is 1. The summed E-state index contributed by atoms with van der Waals surface area (Å²) in [6.07, 6.45) is 3.17. The Balaban J connectivity index is 1.62. The number of aliphatic hydroxyl groups is 1. The second-order valence-corrected chi connectivity index (χ2v) is 11.2. The van der Waals surface area contributed by atoms with Gasteiger partial charge in [0.15, 0.2) is 5.13 Å². The number of unbranched alkanes of at least 4 members (excludes halogenated alkanes) is 2. The van der Waals surface area contributed by atoms with Crippen LogP contribution in [0.4, 0.5) is 5.13 Å². The molecule has 39 heavy (non-hydrogen) atoms. The molecule has 1 amide bonds. The van der Waals surface area contributed by atoms with Crippen LogP contribution in [0.5, 0.6) is 5.75 Å². The number of hydrogen-bond donors (Lipinski definition) is 1. The van der Waals surface area contributed by atoms with Crippen LogP contribution in [-0.2, 0) is 9.59 Å². The van der Waals surface area contributed by atoms with Gasteiger partial charge < -0.3 is 9.84 Å². The van der Waals surface area contributed by atoms with E-state index in [2.05, 4.69) is 6.92 Å². The van der Waals surface area contributed by atoms with Crippen LogP contribution in [0.1, 0.15) is 54.5 Å². The summed E-state index contributed by atoms with van der Waals surface area (Å²) in [5, 5.41) is 12.2. The Hall–Kier alpha value is -3.68. The number of thiazole rings is 1. The molecule has 0 bridgehead atoms. The summed E-state index contributed by atoms with van der Waals surface area (Å²) < 4.78 is 6.79. The number of ether oxygens (including phenoxy) is 1. The SMILES string of the molecule is CCCCCOc1ccc(C2C(=C(O)c3ccc(Cl)cc3)C(=O)C(=O)N2c2nc3c(C)cc(C)cc3s2)cc1. The topological polar surface area (TPSA) is 79.7 Å². The molecule has 1 fully saturated rings. The normalized spacial score (nSPS) is 16.8. The number of fused-ring (bicyclic) bond motifs is 1. The van der Waals surface area contributed by atoms with Gasteiger partial charge in [-0.25, -0.2) is 4.98 Å². The van der Waals surface area contributed by atoms with Crippen LogP contribution in [0.25, 0.3) is 16.0 Å². The molecule has 0 spiro atoms. The summed E-state index contributed by atoms with van der Waals surface area (Å²) >= 11 is 7.39. The number of aryl methyl sites for hydroxylation is 2. The van der Waals surface area contributed by atoms with Crippen molar-refractivity contribution in [2.45, 2.75) is 46.1 Å². The van der Waals surface area contributed by atoms with Crippen molar-refractivity contribution in [1.29, 1.82) is 0 Å². The van der Waals surface area contributed by atoms with Crippen LogP contribution in [0.2, 0.25) is 5.02 Å². The first kappa shape index (κ1) is 26.9. The van der Waals surface area contributed by atoms with Gasteiger partial charge in [-0.3, -0.25) is 14.5 Å². The molecule has 1 N–H and O–H groups in total. The first-order chi connectivity index (χ1) is 18.8. The Kier molecular flexibility index (Phi) is 7.73. The lowest BCUT2D eigenvalue weighted by Gasteiger charge is -2.23. The van der Waals surface area contributed by atoms with Gasteiger partial charge in [0.05, 0.1) is 28.4 Å². The maximum Gasteiger partial charge on any atom is 0.301 e. The third kappa shape index (κ3) is 5.29. The number of anilines is 1. The van der Waals surface area contributed by atoms with Crippen molar-refractivity contribution in [3.8, 4) is 5.75 Å². The van der Waals surface area contributed by atoms with Crippen LogP contribution in [0.3, 0.4) is 0 Å². The molecule has 3 aromatic carbocycles. The van der Waals surface area contributed by atoms with Gasteiger partial charge in [-0.05, 0) is 79.4 Å². The minimum atomic E-state index is -0.864. The van der Waals surface area contributed by atoms with Gasteiger partial charge in [-0.1, -0.05) is 60.9 Å². The third-order valence-electron chi connectivity index (χ3n) is 6.80. The maximum atomic E-state index is 13.5. The van der Waals surface area contributed by atoms with Gasteiger partial charge in [-0.15, -0.1) is 0 Å². The van der Waals surface area contributed by atoms with Gasteiger partial charge in [0.25, 0.3) is 5.78 Å². The molecule has 200 valence electrons. The fourth-order valence-corrected chi connectivity index (χ4v) is 6.15. The van der Waals surface area contributed by atoms with E-state index in [-0.39, 0.29) is 11.3 Å². The summed E-state index contributed by atoms with van der Waals surface area (Å²) in [6, 6.07) is 17.0. The first-order valence-corrected chi connectivity index (χ1v) is 14.2. The van der Waals surface area contributed by atoms with E-state index in [1.807, 2.05) is 50.2 Å². The third-order valence-corrected chi connectivity index (χ3v) is 8.05. The average Bonchev–Trinajstić information content (AvgIpc) is 3.45. The number of carbonyl (C=O) groups is 2. The van der Waals surface area contributed by atoms with E-state index in [9.17, 15) is 14.7 Å². The van der Waals surface area contributed by atoms with Gasteiger partial charge in [-0.2, -0.15) is 0 Å². The van der Waals surface area contributed by atoms with Crippen molar-refractivity contribution in [1.82, 2.24) is 4.98 Å². The van der Waals surface area contributed by atoms with Gasteiger partial charge in [0.1, 0.15) is 11.5 Å². The monoisotopic (exact) mass is 560 g/mol. The van der Waals surface area contributed by atoms with Crippen molar-refractivity contribution < 1.29 is 19.4 Å². The zero-order valence-corrected chi connectivity index (χ0v) is 23.6. The Morgan fingerprint density at radius 1 is 1.05 bits per heavy atom. The van der Waals surface area contributed by atoms with Gasteiger partial charge >= 0.3 is 5.91 Å². The van der Waals surface area contributed by atoms with E-state index >= 15 is 0 Å². The van der Waals surface area contributed by atoms with Crippen LogP contribution >= 0.6 is 22.9 Å². The Labute approximate surface area is 236 Å². The Morgan fingerprint density at radius 2 is 1.77 bits per heavy atom. The highest BCUT2D eigenvalue weighted by atomic mass is 35.5. The number of aliphatic hydroxyl groups excluding tert-OH is 1. The molecule has 1 aromatic heterocycles. The molecule has 0 radical (unpaired) electrons. The number of aromatic nitrogens is 1. The number of rotatable bonds is 8. The molecule has 4 aromatic rings. The summed E-state index contributed by atoms with van der Waals surface area (Å²) in [5.74, 6) is -1.05. The van der Waals surface area contributed by atoms with Crippen molar-refractivity contribution >= 4 is 55.7 Å². The lowest BCUT2D eigenvalue weighted by molar-refractivity contribution is -0.132. The van der Waals surface area contributed by atoms with Crippen molar-refractivity contribution in [3.63, 3.8) is 0 Å². The van der Waals surface area contributed by atoms with Crippen LogP contribution in [0, 0.1) is 13.8 Å². The quantitative estimate of drug-likeness (QED) is 0.103. The second kappa shape index (κ2) is 11.2. The largest absolute Gasteiger partial charge is 0.507 e. The lowest BCUT2D eigenvalue weighted by atomic mass is 9.95. The van der Waals surface area contributed by atoms with E-state index < -0.39 is 17.7 Å². The molecule has 2 heterocycles. The summed E-state index contributed by atoms with van der Waals surface area (Å²) in [6.45, 7) is 6.75. The Morgan fingerprint density at radius 3 is 2.46 bits per heavy atom. The van der Waals surface area contributed by atoms with Crippen molar-refractivity contribution in [3.05, 3.63) is 93.5 Å². The minimum absolute atomic E-state index is 0.00564. The Bertz CT molecular complexity index is 1570. The van der Waals surface area contributed by atoms with E-state index in [0.717, 1.165) is 40.6 Å². The van der Waals surface area contributed by atoms with Crippen molar-refractivity contribution in [2.75, 3.05) is 11.5 Å². The molecule has 0 saturated carbocycles. The van der Waals surface area contributed by atoms with E-state index in [4.69, 9.17) is 21.3 Å². The standard InChI is InChI=1S/C31H29ClN2O4S/c1-4-5-6-15-38-23-13-9-20(10-14-23)27-25(28(35)21-7-11-22(32)12-8-21)29(36)30(37)34(27)31-33-26-19(3)16-18(2)17-24(26)39-31/h7-14,16-17,27,35H,4-6,15H2,1-3H3. The molecule has 5 rings (SSSR count). The number of benzene rings is 3. The van der Waals surface area contributed by atoms with Crippen LogP contribution in [0.15, 0.2) is 66.2 Å². The van der Waals surface area contributed by atoms with Crippen LogP contribution < -0.4 is 9.64 Å². The van der Waals surface area contributed by atoms with E-state index in [1.165, 1.54) is 16.2 Å². The highest BCUT2D eigenvalue weighted by Gasteiger charge is 2.48. The first-order valence-electron chi connectivity index (χ1n) is 13.0. The molecule has 1 aliphatic rings. The van der Waals surface area contributed by atoms with Crippen LogP contribution in [-0.4, -0.2) is 28.4 Å². The highest BCUT2D eigenvalue weighted by Crippen LogP contribution is 2.45. The number of hydrogen-bond acceptors (Lipinski definition) is 6. The zero-order valence-electron chi connectivity index (χ0n) is 22.0. The number of nitrogens with zero attached hydrogens (tertiary/aromatic N) is 2. The summed E-state index contributed by atoms with van der Waals surface area (Å²) in [4.78, 5) is 33.2. The molecule has 1 saturated heterocycles. The average molecular weight is 561 g/mol. The molecule has 1 aliphatic heterocycles. The highest BCUT2D eigenvalue weighted by molar-refractivity contribution is 7.22. The number of carbonyl (C=O) groups excluding carboxylic acids is 2. The molecular formula is C31H29ClN2O4S. The number of Topliss-reactive ketones (excluding diaryl/α,β-unsaturated/α-hetero) is 1. The molecule has 1 atom stereocenters. The van der Waals surface area contributed by atoms with Gasteiger partial charge in [0.2, 0.25) is 0 Å². The van der Waals surface area contributed by atoms with Gasteiger partial charge in [0, 0.05) is 10.6 Å². The lowest BCUT2D eigenvalue weighted by Crippen LogP contribution is -2.29. The molecule has 1 unspecified atom stereocenters. The summed E-state index contributed by atoms with van der Waals surface area (Å²) in [5.41, 5.74) is 3.94. The fourth-order valence-electron chi connectivity index (χ4n) is 4.86. The summed E-state index contributed by atoms with van der Waals surface area (Å²) in [7, 11) is 0. The predicted molar refractivity (Wildman–Crippen MR) is 157 cm³/mol.